The average Bonchev–Trinajstić information content (AvgIpc) is 2.75. The van der Waals surface area contributed by atoms with E-state index in [1.807, 2.05) is 17.7 Å². The molecule has 3 rings (SSSR count). The predicted molar refractivity (Wildman–Crippen MR) is 77.8 cm³/mol. The molecule has 21 heavy (non-hydrogen) atoms. The van der Waals surface area contributed by atoms with Gasteiger partial charge in [-0.3, -0.25) is 0 Å². The molecule has 0 amide bonds. The fourth-order valence-corrected chi connectivity index (χ4v) is 2.38. The van der Waals surface area contributed by atoms with E-state index in [-0.39, 0.29) is 5.75 Å². The highest BCUT2D eigenvalue weighted by atomic mass is 35.5. The maximum absolute atomic E-state index is 12.1. The number of imidazole rings is 1. The van der Waals surface area contributed by atoms with Gasteiger partial charge in [-0.15, -0.1) is 0 Å². The van der Waals surface area contributed by atoms with Crippen molar-refractivity contribution in [3.05, 3.63) is 47.5 Å². The number of alkyl halides is 2. The minimum absolute atomic E-state index is 0.121. The summed E-state index contributed by atoms with van der Waals surface area (Å²) in [4.78, 5) is 4.52. The number of rotatable bonds is 3. The molecule has 1 heterocycles. The van der Waals surface area contributed by atoms with Crippen molar-refractivity contribution in [3.63, 3.8) is 0 Å². The fraction of sp³-hybridized carbons (Fsp3) is 0.133. The molecule has 0 aliphatic rings. The summed E-state index contributed by atoms with van der Waals surface area (Å²) in [6.07, 6.45) is 0. The van der Waals surface area contributed by atoms with E-state index in [1.54, 1.807) is 24.3 Å². The Hall–Kier alpha value is -2.14. The second kappa shape index (κ2) is 5.33. The quantitative estimate of drug-likeness (QED) is 0.712. The molecule has 1 aromatic heterocycles. The molecule has 0 atom stereocenters. The van der Waals surface area contributed by atoms with Gasteiger partial charge in [0.05, 0.1) is 11.0 Å². The van der Waals surface area contributed by atoms with E-state index in [0.717, 1.165) is 22.4 Å². The molecule has 0 fully saturated rings. The van der Waals surface area contributed by atoms with E-state index in [9.17, 15) is 8.78 Å². The van der Waals surface area contributed by atoms with E-state index in [2.05, 4.69) is 9.72 Å². The maximum Gasteiger partial charge on any atom is 0.387 e. The fourth-order valence-electron chi connectivity index (χ4n) is 2.22. The standard InChI is InChI=1S/C15H11ClF2N2O/c1-20-13-7-4-10(16)8-12(13)19-14(20)9-2-5-11(6-3-9)21-15(17)18/h2-8,15H,1H3. The van der Waals surface area contributed by atoms with Crippen LogP contribution in [0.4, 0.5) is 8.78 Å². The third-order valence-corrected chi connectivity index (χ3v) is 3.42. The van der Waals surface area contributed by atoms with Crippen molar-refractivity contribution in [2.45, 2.75) is 6.61 Å². The van der Waals surface area contributed by atoms with Crippen molar-refractivity contribution in [1.82, 2.24) is 9.55 Å². The van der Waals surface area contributed by atoms with E-state index in [0.29, 0.717) is 5.02 Å². The lowest BCUT2D eigenvalue weighted by atomic mass is 10.2. The minimum atomic E-state index is -2.83. The molecule has 0 saturated heterocycles. The van der Waals surface area contributed by atoms with Crippen molar-refractivity contribution >= 4 is 22.6 Å². The third kappa shape index (κ3) is 2.69. The first kappa shape index (κ1) is 13.8. The monoisotopic (exact) mass is 308 g/mol. The summed E-state index contributed by atoms with van der Waals surface area (Å²) in [6.45, 7) is -2.83. The van der Waals surface area contributed by atoms with Gasteiger partial charge < -0.3 is 9.30 Å². The first-order valence-electron chi connectivity index (χ1n) is 6.22. The summed E-state index contributed by atoms with van der Waals surface area (Å²) in [5, 5.41) is 0.618. The number of nitrogens with zero attached hydrogens (tertiary/aromatic N) is 2. The van der Waals surface area contributed by atoms with Crippen molar-refractivity contribution in [2.75, 3.05) is 0 Å². The number of aryl methyl sites for hydroxylation is 1. The van der Waals surface area contributed by atoms with Gasteiger partial charge in [0.25, 0.3) is 0 Å². The van der Waals surface area contributed by atoms with Crippen molar-refractivity contribution < 1.29 is 13.5 Å². The lowest BCUT2D eigenvalue weighted by molar-refractivity contribution is -0.0498. The highest BCUT2D eigenvalue weighted by molar-refractivity contribution is 6.31. The molecule has 6 heteroatoms. The van der Waals surface area contributed by atoms with Crippen molar-refractivity contribution in [3.8, 4) is 17.1 Å². The molecule has 0 radical (unpaired) electrons. The van der Waals surface area contributed by atoms with E-state index in [4.69, 9.17) is 11.6 Å². The van der Waals surface area contributed by atoms with Gasteiger partial charge in [0.15, 0.2) is 0 Å². The Morgan fingerprint density at radius 1 is 1.14 bits per heavy atom. The average molecular weight is 309 g/mol. The van der Waals surface area contributed by atoms with Gasteiger partial charge in [0.2, 0.25) is 0 Å². The lowest BCUT2D eigenvalue weighted by Crippen LogP contribution is -2.01. The van der Waals surface area contributed by atoms with Crippen LogP contribution < -0.4 is 4.74 Å². The molecular weight excluding hydrogens is 298 g/mol. The number of fused-ring (bicyclic) bond motifs is 1. The van der Waals surface area contributed by atoms with E-state index < -0.39 is 6.61 Å². The molecule has 108 valence electrons. The summed E-state index contributed by atoms with van der Waals surface area (Å²) in [5.41, 5.74) is 2.54. The van der Waals surface area contributed by atoms with Crippen LogP contribution in [0.2, 0.25) is 5.02 Å². The Morgan fingerprint density at radius 2 is 1.86 bits per heavy atom. The molecule has 0 saturated carbocycles. The number of ether oxygens (including phenoxy) is 1. The van der Waals surface area contributed by atoms with Gasteiger partial charge in [-0.1, -0.05) is 11.6 Å². The van der Waals surface area contributed by atoms with E-state index >= 15 is 0 Å². The Kier molecular flexibility index (Phi) is 3.51. The summed E-state index contributed by atoms with van der Waals surface area (Å²) < 4.78 is 30.5. The Morgan fingerprint density at radius 3 is 2.52 bits per heavy atom. The predicted octanol–water partition coefficient (Wildman–Crippen LogP) is 4.50. The summed E-state index contributed by atoms with van der Waals surface area (Å²) >= 11 is 5.96. The van der Waals surface area contributed by atoms with Gasteiger partial charge in [-0.25, -0.2) is 4.98 Å². The van der Waals surface area contributed by atoms with Crippen LogP contribution in [-0.2, 0) is 7.05 Å². The Balaban J connectivity index is 2.02. The Labute approximate surface area is 124 Å². The first-order valence-corrected chi connectivity index (χ1v) is 6.59. The van der Waals surface area contributed by atoms with Crippen LogP contribution in [-0.4, -0.2) is 16.2 Å². The number of hydrogen-bond donors (Lipinski definition) is 0. The van der Waals surface area contributed by atoms with Crippen molar-refractivity contribution in [2.24, 2.45) is 7.05 Å². The second-order valence-electron chi connectivity index (χ2n) is 4.53. The number of benzene rings is 2. The second-order valence-corrected chi connectivity index (χ2v) is 4.97. The maximum atomic E-state index is 12.1. The topological polar surface area (TPSA) is 27.1 Å². The summed E-state index contributed by atoms with van der Waals surface area (Å²) in [5.74, 6) is 0.853. The molecule has 3 aromatic rings. The third-order valence-electron chi connectivity index (χ3n) is 3.18. The van der Waals surface area contributed by atoms with Crippen LogP contribution in [0.3, 0.4) is 0 Å². The van der Waals surface area contributed by atoms with Crippen LogP contribution in [0.5, 0.6) is 5.75 Å². The van der Waals surface area contributed by atoms with Gasteiger partial charge in [0, 0.05) is 17.6 Å². The van der Waals surface area contributed by atoms with Crippen molar-refractivity contribution in [1.29, 1.82) is 0 Å². The van der Waals surface area contributed by atoms with Gasteiger partial charge >= 0.3 is 6.61 Å². The highest BCUT2D eigenvalue weighted by Gasteiger charge is 2.11. The zero-order valence-corrected chi connectivity index (χ0v) is 11.8. The zero-order chi connectivity index (χ0) is 15.0. The highest BCUT2D eigenvalue weighted by Crippen LogP contribution is 2.27. The van der Waals surface area contributed by atoms with Gasteiger partial charge in [-0.05, 0) is 42.5 Å². The van der Waals surface area contributed by atoms with Crippen LogP contribution in [0.15, 0.2) is 42.5 Å². The number of aromatic nitrogens is 2. The lowest BCUT2D eigenvalue weighted by Gasteiger charge is -2.06. The minimum Gasteiger partial charge on any atom is -0.435 e. The molecule has 0 spiro atoms. The molecule has 0 aliphatic heterocycles. The molecule has 0 aliphatic carbocycles. The molecule has 0 bridgehead atoms. The van der Waals surface area contributed by atoms with Gasteiger partial charge in [0.1, 0.15) is 11.6 Å². The zero-order valence-electron chi connectivity index (χ0n) is 11.1. The molecule has 0 unspecified atom stereocenters. The van der Waals surface area contributed by atoms with Gasteiger partial charge in [-0.2, -0.15) is 8.78 Å². The smallest absolute Gasteiger partial charge is 0.387 e. The van der Waals surface area contributed by atoms with E-state index in [1.165, 1.54) is 12.1 Å². The number of halogens is 3. The Bertz CT molecular complexity index is 784. The molecular formula is C15H11ClF2N2O. The first-order chi connectivity index (χ1) is 10.0. The summed E-state index contributed by atoms with van der Waals surface area (Å²) in [6, 6.07) is 11.9. The van der Waals surface area contributed by atoms with Crippen LogP contribution >= 0.6 is 11.6 Å². The SMILES string of the molecule is Cn1c(-c2ccc(OC(F)F)cc2)nc2cc(Cl)ccc21. The largest absolute Gasteiger partial charge is 0.435 e. The van der Waals surface area contributed by atoms with Crippen LogP contribution in [0.1, 0.15) is 0 Å². The molecule has 0 N–H and O–H groups in total. The normalized spacial score (nSPS) is 11.3. The molecule has 2 aromatic carbocycles. The molecule has 3 nitrogen and oxygen atoms in total. The summed E-state index contributed by atoms with van der Waals surface area (Å²) in [7, 11) is 1.89. The van der Waals surface area contributed by atoms with Crippen LogP contribution in [0, 0.1) is 0 Å². The van der Waals surface area contributed by atoms with Crippen LogP contribution in [0.25, 0.3) is 22.4 Å². The number of hydrogen-bond acceptors (Lipinski definition) is 2.